The lowest BCUT2D eigenvalue weighted by Gasteiger charge is -1.98. The third-order valence-corrected chi connectivity index (χ3v) is 2.93. The second kappa shape index (κ2) is 5.38. The second-order valence-electron chi connectivity index (χ2n) is 3.77. The van der Waals surface area contributed by atoms with Crippen LogP contribution in [0.5, 0.6) is 0 Å². The van der Waals surface area contributed by atoms with Crippen LogP contribution in [-0.4, -0.2) is 15.6 Å². The van der Waals surface area contributed by atoms with E-state index in [1.54, 1.807) is 42.2 Å². The maximum Gasteiger partial charge on any atom is 0.189 e. The van der Waals surface area contributed by atoms with Gasteiger partial charge in [-0.15, -0.1) is 0 Å². The minimum atomic E-state index is -0.117. The van der Waals surface area contributed by atoms with Gasteiger partial charge in [0, 0.05) is 23.3 Å². The third kappa shape index (κ3) is 3.00. The molecule has 18 heavy (non-hydrogen) atoms. The molecule has 2 rings (SSSR count). The van der Waals surface area contributed by atoms with E-state index in [-0.39, 0.29) is 5.78 Å². The smallest absolute Gasteiger partial charge is 0.189 e. The molecule has 0 saturated heterocycles. The molecule has 0 saturated carbocycles. The van der Waals surface area contributed by atoms with Crippen molar-refractivity contribution in [3.63, 3.8) is 0 Å². The van der Waals surface area contributed by atoms with Gasteiger partial charge in [0.25, 0.3) is 0 Å². The van der Waals surface area contributed by atoms with Crippen molar-refractivity contribution in [2.24, 2.45) is 7.05 Å². The summed E-state index contributed by atoms with van der Waals surface area (Å²) in [6.45, 7) is 0. The van der Waals surface area contributed by atoms with Crippen molar-refractivity contribution in [3.8, 4) is 0 Å². The maximum atomic E-state index is 11.8. The van der Waals surface area contributed by atoms with E-state index in [1.165, 1.54) is 12.3 Å². The van der Waals surface area contributed by atoms with Gasteiger partial charge in [0.05, 0.1) is 11.8 Å². The van der Waals surface area contributed by atoms with Crippen molar-refractivity contribution in [2.45, 2.75) is 0 Å². The molecule has 0 fully saturated rings. The Bertz CT molecular complexity index is 617. The fourth-order valence-corrected chi connectivity index (χ4v) is 1.92. The number of aromatic nitrogens is 2. The van der Waals surface area contributed by atoms with Gasteiger partial charge < -0.3 is 0 Å². The molecule has 92 valence electrons. The lowest BCUT2D eigenvalue weighted by Crippen LogP contribution is -1.92. The summed E-state index contributed by atoms with van der Waals surface area (Å²) < 4.78 is 1.58. The van der Waals surface area contributed by atoms with Gasteiger partial charge in [-0.05, 0) is 29.8 Å². The van der Waals surface area contributed by atoms with Crippen LogP contribution in [0.2, 0.25) is 10.0 Å². The van der Waals surface area contributed by atoms with Crippen LogP contribution < -0.4 is 0 Å². The molecule has 3 nitrogen and oxygen atoms in total. The summed E-state index contributed by atoms with van der Waals surface area (Å²) in [4.78, 5) is 11.8. The van der Waals surface area contributed by atoms with E-state index in [4.69, 9.17) is 23.2 Å². The molecule has 0 N–H and O–H groups in total. The van der Waals surface area contributed by atoms with Crippen LogP contribution in [0.3, 0.4) is 0 Å². The average molecular weight is 281 g/mol. The Kier molecular flexibility index (Phi) is 3.84. The van der Waals surface area contributed by atoms with Gasteiger partial charge in [-0.2, -0.15) is 5.10 Å². The number of benzene rings is 1. The van der Waals surface area contributed by atoms with E-state index in [1.807, 2.05) is 0 Å². The van der Waals surface area contributed by atoms with Crippen LogP contribution in [0.25, 0.3) is 6.08 Å². The number of allylic oxidation sites excluding steroid dienone is 1. The van der Waals surface area contributed by atoms with Crippen LogP contribution in [-0.2, 0) is 7.05 Å². The zero-order chi connectivity index (χ0) is 13.1. The van der Waals surface area contributed by atoms with Crippen molar-refractivity contribution >= 4 is 35.1 Å². The summed E-state index contributed by atoms with van der Waals surface area (Å²) in [6.07, 6.45) is 6.31. The first kappa shape index (κ1) is 12.9. The molecule has 0 radical (unpaired) electrons. The predicted octanol–water partition coefficient (Wildman–Crippen LogP) is 3.62. The highest BCUT2D eigenvalue weighted by atomic mass is 35.5. The molecule has 1 aromatic carbocycles. The highest BCUT2D eigenvalue weighted by Crippen LogP contribution is 2.22. The van der Waals surface area contributed by atoms with Crippen molar-refractivity contribution in [1.82, 2.24) is 9.78 Å². The molecule has 0 amide bonds. The van der Waals surface area contributed by atoms with E-state index in [2.05, 4.69) is 5.10 Å². The molecule has 1 aromatic heterocycles. The Labute approximate surface area is 115 Å². The molecular formula is C13H10Cl2N2O. The Balaban J connectivity index is 2.18. The van der Waals surface area contributed by atoms with Crippen LogP contribution in [0, 0.1) is 0 Å². The van der Waals surface area contributed by atoms with E-state index in [0.717, 1.165) is 5.56 Å². The molecule has 0 aliphatic heterocycles. The molecule has 0 atom stereocenters. The lowest BCUT2D eigenvalue weighted by molar-refractivity contribution is 0.104. The Hall–Kier alpha value is -1.58. The first-order chi connectivity index (χ1) is 8.56. The number of ketones is 1. The number of hydrogen-bond donors (Lipinski definition) is 0. The standard InChI is InChI=1S/C13H10Cl2N2O/c1-17-8-10(7-16-17)13(18)5-3-9-2-4-11(14)6-12(9)15/h2-8H,1H3/b5-3+. The van der Waals surface area contributed by atoms with Gasteiger partial charge in [-0.1, -0.05) is 29.3 Å². The summed E-state index contributed by atoms with van der Waals surface area (Å²) in [6, 6.07) is 5.12. The summed E-state index contributed by atoms with van der Waals surface area (Å²) in [7, 11) is 1.76. The zero-order valence-electron chi connectivity index (χ0n) is 9.60. The quantitative estimate of drug-likeness (QED) is 0.636. The minimum Gasteiger partial charge on any atom is -0.289 e. The summed E-state index contributed by atoms with van der Waals surface area (Å²) >= 11 is 11.8. The molecule has 0 unspecified atom stereocenters. The second-order valence-corrected chi connectivity index (χ2v) is 4.61. The number of rotatable bonds is 3. The molecule has 5 heteroatoms. The molecule has 2 aromatic rings. The normalized spacial score (nSPS) is 11.1. The van der Waals surface area contributed by atoms with E-state index >= 15 is 0 Å². The SMILES string of the molecule is Cn1cc(C(=O)/C=C/c2ccc(Cl)cc2Cl)cn1. The number of halogens is 2. The monoisotopic (exact) mass is 280 g/mol. The van der Waals surface area contributed by atoms with Gasteiger partial charge in [-0.25, -0.2) is 0 Å². The van der Waals surface area contributed by atoms with E-state index in [9.17, 15) is 4.79 Å². The lowest BCUT2D eigenvalue weighted by atomic mass is 10.1. The third-order valence-electron chi connectivity index (χ3n) is 2.37. The molecule has 0 aliphatic carbocycles. The topological polar surface area (TPSA) is 34.9 Å². The van der Waals surface area contributed by atoms with Crippen molar-refractivity contribution in [3.05, 3.63) is 57.8 Å². The highest BCUT2D eigenvalue weighted by molar-refractivity contribution is 6.35. The zero-order valence-corrected chi connectivity index (χ0v) is 11.1. The van der Waals surface area contributed by atoms with Crippen LogP contribution in [0.15, 0.2) is 36.7 Å². The minimum absolute atomic E-state index is 0.117. The highest BCUT2D eigenvalue weighted by Gasteiger charge is 2.04. The Morgan fingerprint density at radius 3 is 2.78 bits per heavy atom. The molecular weight excluding hydrogens is 271 g/mol. The first-order valence-electron chi connectivity index (χ1n) is 5.22. The summed E-state index contributed by atoms with van der Waals surface area (Å²) in [5.41, 5.74) is 1.29. The molecule has 0 spiro atoms. The summed E-state index contributed by atoms with van der Waals surface area (Å²) in [5.74, 6) is -0.117. The first-order valence-corrected chi connectivity index (χ1v) is 5.98. The van der Waals surface area contributed by atoms with Crippen LogP contribution in [0.4, 0.5) is 0 Å². The van der Waals surface area contributed by atoms with E-state index in [0.29, 0.717) is 15.6 Å². The van der Waals surface area contributed by atoms with Gasteiger partial charge in [0.15, 0.2) is 5.78 Å². The van der Waals surface area contributed by atoms with Crippen LogP contribution in [0.1, 0.15) is 15.9 Å². The van der Waals surface area contributed by atoms with Gasteiger partial charge in [0.2, 0.25) is 0 Å². The fourth-order valence-electron chi connectivity index (χ4n) is 1.45. The van der Waals surface area contributed by atoms with Crippen molar-refractivity contribution < 1.29 is 4.79 Å². The Morgan fingerprint density at radius 1 is 1.39 bits per heavy atom. The fraction of sp³-hybridized carbons (Fsp3) is 0.0769. The van der Waals surface area contributed by atoms with Crippen molar-refractivity contribution in [1.29, 1.82) is 0 Å². The molecule has 1 heterocycles. The molecule has 0 bridgehead atoms. The van der Waals surface area contributed by atoms with Gasteiger partial charge in [-0.3, -0.25) is 9.48 Å². The number of hydrogen-bond acceptors (Lipinski definition) is 2. The number of aryl methyl sites for hydroxylation is 1. The molecule has 0 aliphatic rings. The predicted molar refractivity (Wildman–Crippen MR) is 73.0 cm³/mol. The Morgan fingerprint density at radius 2 is 2.17 bits per heavy atom. The number of carbonyl (C=O) groups is 1. The van der Waals surface area contributed by atoms with E-state index < -0.39 is 0 Å². The van der Waals surface area contributed by atoms with Crippen LogP contribution >= 0.6 is 23.2 Å². The summed E-state index contributed by atoms with van der Waals surface area (Å²) in [5, 5.41) is 5.02. The van der Waals surface area contributed by atoms with Gasteiger partial charge in [0.1, 0.15) is 0 Å². The number of nitrogens with zero attached hydrogens (tertiary/aromatic N) is 2. The van der Waals surface area contributed by atoms with Gasteiger partial charge >= 0.3 is 0 Å². The number of carbonyl (C=O) groups excluding carboxylic acids is 1. The average Bonchev–Trinajstić information content (AvgIpc) is 2.74. The van der Waals surface area contributed by atoms with Crippen molar-refractivity contribution in [2.75, 3.05) is 0 Å². The maximum absolute atomic E-state index is 11.8. The largest absolute Gasteiger partial charge is 0.289 e.